The predicted molar refractivity (Wildman–Crippen MR) is 135 cm³/mol. The molecule has 1 aliphatic heterocycles. The van der Waals surface area contributed by atoms with Crippen LogP contribution in [0.5, 0.6) is 5.75 Å². The number of halogens is 1. The summed E-state index contributed by atoms with van der Waals surface area (Å²) in [5.74, 6) is -3.08. The van der Waals surface area contributed by atoms with E-state index in [1.54, 1.807) is 0 Å². The molecular formula is C27H27ClN2O6. The lowest BCUT2D eigenvalue weighted by atomic mass is 10.0. The third-order valence-corrected chi connectivity index (χ3v) is 7.08. The van der Waals surface area contributed by atoms with Crippen LogP contribution >= 0.6 is 11.6 Å². The lowest BCUT2D eigenvalue weighted by molar-refractivity contribution is -0.185. The number of rotatable bonds is 7. The Kier molecular flexibility index (Phi) is 7.19. The van der Waals surface area contributed by atoms with E-state index in [9.17, 15) is 29.7 Å². The topological polar surface area (TPSA) is 127 Å². The average Bonchev–Trinajstić information content (AvgIpc) is 3.11. The summed E-state index contributed by atoms with van der Waals surface area (Å²) in [6.07, 6.45) is 1.03. The minimum absolute atomic E-state index is 0.00163. The number of amides is 2. The van der Waals surface area contributed by atoms with E-state index < -0.39 is 34.9 Å². The number of carbonyl (C=O) groups is 3. The van der Waals surface area contributed by atoms with Crippen LogP contribution in [0.1, 0.15) is 34.3 Å². The Hall–Kier alpha value is -3.62. The molecule has 0 radical (unpaired) electrons. The van der Waals surface area contributed by atoms with Crippen LogP contribution in [-0.2, 0) is 16.0 Å². The smallest absolute Gasteiger partial charge is 0.359 e. The normalized spacial score (nSPS) is 21.5. The SMILES string of the molecule is Cc1c(O)cccc1C(=O)NC1C(Cl)CN(C(=O)CCCc2ccc3ccccc3c2)[C@]1(O)C(=O)O. The molecule has 1 saturated heterocycles. The molecule has 3 atom stereocenters. The van der Waals surface area contributed by atoms with Crippen molar-refractivity contribution in [2.24, 2.45) is 0 Å². The summed E-state index contributed by atoms with van der Waals surface area (Å²) in [7, 11) is 0. The number of phenolic OH excluding ortho intramolecular Hbond substituents is 1. The number of phenols is 1. The van der Waals surface area contributed by atoms with Gasteiger partial charge in [0.05, 0.1) is 5.38 Å². The molecule has 1 aliphatic rings. The van der Waals surface area contributed by atoms with Crippen molar-refractivity contribution >= 4 is 40.2 Å². The quantitative estimate of drug-likeness (QED) is 0.361. The van der Waals surface area contributed by atoms with Crippen molar-refractivity contribution in [3.05, 3.63) is 77.4 Å². The lowest BCUT2D eigenvalue weighted by Crippen LogP contribution is -2.63. The van der Waals surface area contributed by atoms with Crippen molar-refractivity contribution < 1.29 is 29.7 Å². The number of aliphatic carboxylic acids is 1. The van der Waals surface area contributed by atoms with Crippen molar-refractivity contribution in [3.8, 4) is 5.75 Å². The first-order valence-corrected chi connectivity index (χ1v) is 12.0. The maximum atomic E-state index is 13.0. The molecule has 8 nitrogen and oxygen atoms in total. The van der Waals surface area contributed by atoms with Gasteiger partial charge in [-0.2, -0.15) is 0 Å². The van der Waals surface area contributed by atoms with Gasteiger partial charge in [-0.3, -0.25) is 9.59 Å². The number of aliphatic hydroxyl groups is 1. The van der Waals surface area contributed by atoms with E-state index in [1.165, 1.54) is 25.1 Å². The molecule has 36 heavy (non-hydrogen) atoms. The Morgan fingerprint density at radius 2 is 1.81 bits per heavy atom. The second-order valence-electron chi connectivity index (χ2n) is 8.99. The minimum Gasteiger partial charge on any atom is -0.508 e. The van der Waals surface area contributed by atoms with Gasteiger partial charge in [-0.05, 0) is 48.2 Å². The second kappa shape index (κ2) is 10.2. The summed E-state index contributed by atoms with van der Waals surface area (Å²) in [5, 5.41) is 34.5. The van der Waals surface area contributed by atoms with E-state index in [4.69, 9.17) is 11.6 Å². The number of carboxylic acid groups (broad SMARTS) is 1. The van der Waals surface area contributed by atoms with Crippen LogP contribution < -0.4 is 5.32 Å². The zero-order valence-electron chi connectivity index (χ0n) is 19.6. The molecule has 0 saturated carbocycles. The molecule has 2 amide bonds. The molecule has 0 bridgehead atoms. The molecule has 3 aromatic carbocycles. The summed E-state index contributed by atoms with van der Waals surface area (Å²) in [6.45, 7) is 1.29. The van der Waals surface area contributed by atoms with Crippen molar-refractivity contribution in [2.75, 3.05) is 6.54 Å². The lowest BCUT2D eigenvalue weighted by Gasteiger charge is -2.34. The van der Waals surface area contributed by atoms with E-state index in [-0.39, 0.29) is 24.3 Å². The summed E-state index contributed by atoms with van der Waals surface area (Å²) in [5.41, 5.74) is -1.28. The van der Waals surface area contributed by atoms with Gasteiger partial charge in [0, 0.05) is 24.1 Å². The molecule has 2 unspecified atom stereocenters. The Morgan fingerprint density at radius 1 is 1.08 bits per heavy atom. The first-order valence-electron chi connectivity index (χ1n) is 11.6. The number of aromatic hydroxyl groups is 1. The van der Waals surface area contributed by atoms with Crippen LogP contribution in [0.3, 0.4) is 0 Å². The number of likely N-dealkylation sites (tertiary alicyclic amines) is 1. The highest BCUT2D eigenvalue weighted by molar-refractivity contribution is 6.22. The van der Waals surface area contributed by atoms with Gasteiger partial charge in [0.2, 0.25) is 5.91 Å². The monoisotopic (exact) mass is 510 g/mol. The van der Waals surface area contributed by atoms with E-state index in [2.05, 4.69) is 5.32 Å². The van der Waals surface area contributed by atoms with Crippen LogP contribution in [0, 0.1) is 6.92 Å². The number of fused-ring (bicyclic) bond motifs is 1. The molecular weight excluding hydrogens is 484 g/mol. The zero-order chi connectivity index (χ0) is 26.0. The van der Waals surface area contributed by atoms with Crippen LogP contribution in [0.25, 0.3) is 10.8 Å². The molecule has 188 valence electrons. The highest BCUT2D eigenvalue weighted by Crippen LogP contribution is 2.33. The van der Waals surface area contributed by atoms with Crippen LogP contribution in [0.15, 0.2) is 60.7 Å². The Balaban J connectivity index is 1.46. The summed E-state index contributed by atoms with van der Waals surface area (Å²) >= 11 is 6.35. The second-order valence-corrected chi connectivity index (χ2v) is 9.55. The predicted octanol–water partition coefficient (Wildman–Crippen LogP) is 3.20. The molecule has 0 aromatic heterocycles. The van der Waals surface area contributed by atoms with Crippen molar-refractivity contribution in [2.45, 2.75) is 43.3 Å². The van der Waals surface area contributed by atoms with Gasteiger partial charge in [-0.25, -0.2) is 4.79 Å². The number of nitrogens with one attached hydrogen (secondary N) is 1. The Labute approximate surface area is 213 Å². The first kappa shape index (κ1) is 25.5. The van der Waals surface area contributed by atoms with Crippen LogP contribution in [-0.4, -0.2) is 61.7 Å². The number of alkyl halides is 1. The zero-order valence-corrected chi connectivity index (χ0v) is 20.4. The van der Waals surface area contributed by atoms with Crippen LogP contribution in [0.2, 0.25) is 0 Å². The van der Waals surface area contributed by atoms with Gasteiger partial charge in [0.1, 0.15) is 11.8 Å². The number of hydrogen-bond acceptors (Lipinski definition) is 5. The summed E-state index contributed by atoms with van der Waals surface area (Å²) < 4.78 is 0. The maximum Gasteiger partial charge on any atom is 0.359 e. The van der Waals surface area contributed by atoms with Crippen molar-refractivity contribution in [1.82, 2.24) is 10.2 Å². The van der Waals surface area contributed by atoms with Gasteiger partial charge in [-0.15, -0.1) is 11.6 Å². The van der Waals surface area contributed by atoms with E-state index in [0.29, 0.717) is 18.4 Å². The maximum absolute atomic E-state index is 13.0. The number of aryl methyl sites for hydroxylation is 1. The third-order valence-electron chi connectivity index (χ3n) is 6.69. The first-order chi connectivity index (χ1) is 17.1. The highest BCUT2D eigenvalue weighted by atomic mass is 35.5. The number of hydrogen-bond donors (Lipinski definition) is 4. The fourth-order valence-electron chi connectivity index (χ4n) is 4.63. The summed E-state index contributed by atoms with van der Waals surface area (Å²) in [4.78, 5) is 38.8. The number of carbonyl (C=O) groups excluding carboxylic acids is 2. The van der Waals surface area contributed by atoms with Crippen LogP contribution in [0.4, 0.5) is 0 Å². The highest BCUT2D eigenvalue weighted by Gasteiger charge is 2.60. The standard InChI is InChI=1S/C27H27ClN2O6/c1-16-20(9-5-10-22(16)31)25(33)29-24-21(28)15-30(27(24,36)26(34)35)23(32)11-4-6-17-12-13-18-7-2-3-8-19(18)14-17/h2-3,5,7-10,12-14,21,24,31,36H,4,6,11,15H2,1H3,(H,29,33)(H,34,35)/t21?,24?,27-/m1/s1. The van der Waals surface area contributed by atoms with Gasteiger partial charge in [0.25, 0.3) is 11.6 Å². The molecule has 0 spiro atoms. The van der Waals surface area contributed by atoms with Gasteiger partial charge in [-0.1, -0.05) is 48.5 Å². The van der Waals surface area contributed by atoms with Gasteiger partial charge < -0.3 is 25.5 Å². The summed E-state index contributed by atoms with van der Waals surface area (Å²) in [6, 6.07) is 16.9. The Morgan fingerprint density at radius 3 is 2.53 bits per heavy atom. The largest absolute Gasteiger partial charge is 0.508 e. The van der Waals surface area contributed by atoms with E-state index in [1.807, 2.05) is 42.5 Å². The van der Waals surface area contributed by atoms with Crippen molar-refractivity contribution in [1.29, 1.82) is 0 Å². The molecule has 1 fully saturated rings. The molecule has 0 aliphatic carbocycles. The van der Waals surface area contributed by atoms with Gasteiger partial charge in [0.15, 0.2) is 0 Å². The number of nitrogens with zero attached hydrogens (tertiary/aromatic N) is 1. The van der Waals surface area contributed by atoms with E-state index in [0.717, 1.165) is 21.2 Å². The van der Waals surface area contributed by atoms with Crippen molar-refractivity contribution in [3.63, 3.8) is 0 Å². The van der Waals surface area contributed by atoms with E-state index >= 15 is 0 Å². The fourth-order valence-corrected chi connectivity index (χ4v) is 5.01. The number of benzene rings is 3. The molecule has 3 aromatic rings. The minimum atomic E-state index is -2.72. The third kappa shape index (κ3) is 4.74. The Bertz CT molecular complexity index is 1330. The fraction of sp³-hybridized carbons (Fsp3) is 0.296. The molecule has 4 N–H and O–H groups in total. The number of carboxylic acids is 1. The molecule has 4 rings (SSSR count). The average molecular weight is 511 g/mol. The molecule has 1 heterocycles. The van der Waals surface area contributed by atoms with Gasteiger partial charge >= 0.3 is 5.97 Å². The molecule has 9 heteroatoms.